The van der Waals surface area contributed by atoms with E-state index in [1.807, 2.05) is 0 Å². The minimum absolute atomic E-state index is 0.0139. The van der Waals surface area contributed by atoms with Crippen molar-refractivity contribution in [1.82, 2.24) is 0 Å². The molecule has 1 heterocycles. The summed E-state index contributed by atoms with van der Waals surface area (Å²) in [5.74, 6) is 0.0139. The van der Waals surface area contributed by atoms with Gasteiger partial charge in [-0.3, -0.25) is 4.79 Å². The molecule has 10 heavy (non-hydrogen) atoms. The van der Waals surface area contributed by atoms with Gasteiger partial charge in [-0.1, -0.05) is 0 Å². The molecule has 0 saturated heterocycles. The zero-order valence-electron chi connectivity index (χ0n) is 5.61. The zero-order chi connectivity index (χ0) is 7.56. The molecule has 0 spiro atoms. The zero-order valence-corrected chi connectivity index (χ0v) is 5.61. The van der Waals surface area contributed by atoms with Gasteiger partial charge in [0.1, 0.15) is 7.05 Å². The summed E-state index contributed by atoms with van der Waals surface area (Å²) in [6.45, 7) is 0. The van der Waals surface area contributed by atoms with E-state index < -0.39 is 0 Å². The molecule has 1 N–H and O–H groups in total. The van der Waals surface area contributed by atoms with Crippen LogP contribution in [0, 0.1) is 0 Å². The van der Waals surface area contributed by atoms with E-state index in [-0.39, 0.29) is 5.75 Å². The molecule has 0 amide bonds. The van der Waals surface area contributed by atoms with Crippen molar-refractivity contribution in [3.05, 3.63) is 24.0 Å². The van der Waals surface area contributed by atoms with E-state index in [0.29, 0.717) is 11.8 Å². The van der Waals surface area contributed by atoms with Crippen LogP contribution in [0.1, 0.15) is 10.4 Å². The quantitative estimate of drug-likeness (QED) is 0.439. The third kappa shape index (κ3) is 1.13. The molecule has 0 saturated carbocycles. The van der Waals surface area contributed by atoms with Gasteiger partial charge < -0.3 is 5.11 Å². The van der Waals surface area contributed by atoms with Crippen LogP contribution in [0.4, 0.5) is 0 Å². The number of nitrogens with zero attached hydrogens (tertiary/aromatic N) is 1. The van der Waals surface area contributed by atoms with E-state index in [2.05, 4.69) is 0 Å². The molecule has 0 fully saturated rings. The van der Waals surface area contributed by atoms with Gasteiger partial charge in [0.15, 0.2) is 18.2 Å². The van der Waals surface area contributed by atoms with Crippen LogP contribution in [-0.2, 0) is 7.05 Å². The topological polar surface area (TPSA) is 41.2 Å². The number of carbonyl (C=O) groups is 1. The molecule has 3 nitrogen and oxygen atoms in total. The fourth-order valence-corrected chi connectivity index (χ4v) is 0.693. The normalized spacial score (nSPS) is 9.30. The molecular formula is C7H8NO2+. The van der Waals surface area contributed by atoms with E-state index in [9.17, 15) is 4.79 Å². The van der Waals surface area contributed by atoms with Crippen LogP contribution in [0.5, 0.6) is 5.75 Å². The van der Waals surface area contributed by atoms with Gasteiger partial charge in [0.05, 0.1) is 5.56 Å². The molecular weight excluding hydrogens is 130 g/mol. The Kier molecular flexibility index (Phi) is 1.67. The maximum Gasteiger partial charge on any atom is 0.211 e. The SMILES string of the molecule is C[n+]1ccc(C=O)c(O)c1. The highest BCUT2D eigenvalue weighted by Crippen LogP contribution is 2.08. The Balaban J connectivity index is 3.19. The van der Waals surface area contributed by atoms with Gasteiger partial charge in [0, 0.05) is 6.07 Å². The Morgan fingerprint density at radius 1 is 1.70 bits per heavy atom. The first kappa shape index (κ1) is 6.74. The lowest BCUT2D eigenvalue weighted by Crippen LogP contribution is -2.26. The second kappa shape index (κ2) is 2.47. The average Bonchev–Trinajstić information content (AvgIpc) is 1.88. The summed E-state index contributed by atoms with van der Waals surface area (Å²) in [6.07, 6.45) is 3.79. The second-order valence-corrected chi connectivity index (χ2v) is 2.07. The number of aromatic nitrogens is 1. The average molecular weight is 138 g/mol. The highest BCUT2D eigenvalue weighted by atomic mass is 16.3. The third-order valence-electron chi connectivity index (χ3n) is 1.24. The number of aryl methyl sites for hydroxylation is 1. The van der Waals surface area contributed by atoms with Crippen LogP contribution in [0.25, 0.3) is 0 Å². The maximum absolute atomic E-state index is 10.2. The molecule has 1 rings (SSSR count). The molecule has 0 radical (unpaired) electrons. The minimum Gasteiger partial charge on any atom is -0.502 e. The number of aldehydes is 1. The van der Waals surface area contributed by atoms with Gasteiger partial charge in [0.2, 0.25) is 6.20 Å². The predicted molar refractivity (Wildman–Crippen MR) is 34.7 cm³/mol. The summed E-state index contributed by atoms with van der Waals surface area (Å²) >= 11 is 0. The Morgan fingerprint density at radius 2 is 2.40 bits per heavy atom. The maximum atomic E-state index is 10.2. The number of rotatable bonds is 1. The highest BCUT2D eigenvalue weighted by Gasteiger charge is 2.02. The molecule has 3 heteroatoms. The van der Waals surface area contributed by atoms with Crippen molar-refractivity contribution in [1.29, 1.82) is 0 Å². The molecule has 0 bridgehead atoms. The van der Waals surface area contributed by atoms with Crippen LogP contribution in [0.15, 0.2) is 18.5 Å². The highest BCUT2D eigenvalue weighted by molar-refractivity contribution is 5.78. The molecule has 0 unspecified atom stereocenters. The van der Waals surface area contributed by atoms with E-state index in [1.165, 1.54) is 6.20 Å². The first-order valence-electron chi connectivity index (χ1n) is 2.87. The number of carbonyl (C=O) groups excluding carboxylic acids is 1. The van der Waals surface area contributed by atoms with Gasteiger partial charge in [-0.25, -0.2) is 4.57 Å². The van der Waals surface area contributed by atoms with Crippen LogP contribution >= 0.6 is 0 Å². The van der Waals surface area contributed by atoms with Crippen LogP contribution < -0.4 is 4.57 Å². The van der Waals surface area contributed by atoms with Crippen LogP contribution in [0.3, 0.4) is 0 Å². The van der Waals surface area contributed by atoms with Crippen molar-refractivity contribution in [2.75, 3.05) is 0 Å². The van der Waals surface area contributed by atoms with E-state index in [1.54, 1.807) is 23.9 Å². The number of pyridine rings is 1. The number of hydrogen-bond donors (Lipinski definition) is 1. The Hall–Kier alpha value is -1.38. The fourth-order valence-electron chi connectivity index (χ4n) is 0.693. The molecule has 1 aromatic rings. The smallest absolute Gasteiger partial charge is 0.211 e. The summed E-state index contributed by atoms with van der Waals surface area (Å²) in [7, 11) is 1.77. The van der Waals surface area contributed by atoms with E-state index in [4.69, 9.17) is 5.11 Å². The van der Waals surface area contributed by atoms with Crippen molar-refractivity contribution in [3.63, 3.8) is 0 Å². The Labute approximate surface area is 58.5 Å². The monoisotopic (exact) mass is 138 g/mol. The molecule has 52 valence electrons. The van der Waals surface area contributed by atoms with Crippen molar-refractivity contribution in [2.24, 2.45) is 7.05 Å². The Bertz CT molecular complexity index is 258. The molecule has 1 aromatic heterocycles. The second-order valence-electron chi connectivity index (χ2n) is 2.07. The summed E-state index contributed by atoms with van der Waals surface area (Å²) in [6, 6.07) is 1.56. The molecule has 0 aliphatic heterocycles. The molecule has 0 aliphatic carbocycles. The molecule has 0 atom stereocenters. The van der Waals surface area contributed by atoms with Gasteiger partial charge in [-0.05, 0) is 0 Å². The summed E-state index contributed by atoms with van der Waals surface area (Å²) < 4.78 is 1.67. The molecule has 0 aliphatic rings. The largest absolute Gasteiger partial charge is 0.502 e. The van der Waals surface area contributed by atoms with Gasteiger partial charge >= 0.3 is 0 Å². The third-order valence-corrected chi connectivity index (χ3v) is 1.24. The van der Waals surface area contributed by atoms with Crippen molar-refractivity contribution >= 4 is 6.29 Å². The van der Waals surface area contributed by atoms with Gasteiger partial charge in [-0.15, -0.1) is 0 Å². The van der Waals surface area contributed by atoms with Crippen molar-refractivity contribution < 1.29 is 14.5 Å². The van der Waals surface area contributed by atoms with Crippen LogP contribution in [0.2, 0.25) is 0 Å². The Morgan fingerprint density at radius 3 is 2.90 bits per heavy atom. The first-order valence-corrected chi connectivity index (χ1v) is 2.87. The summed E-state index contributed by atoms with van der Waals surface area (Å²) in [5.41, 5.74) is 0.318. The lowest BCUT2D eigenvalue weighted by Gasteiger charge is -1.91. The van der Waals surface area contributed by atoms with E-state index in [0.717, 1.165) is 0 Å². The lowest BCUT2D eigenvalue weighted by molar-refractivity contribution is -0.671. The molecule has 0 aromatic carbocycles. The van der Waals surface area contributed by atoms with Crippen LogP contribution in [-0.4, -0.2) is 11.4 Å². The van der Waals surface area contributed by atoms with Crippen molar-refractivity contribution in [3.8, 4) is 5.75 Å². The van der Waals surface area contributed by atoms with E-state index >= 15 is 0 Å². The minimum atomic E-state index is 0.0139. The lowest BCUT2D eigenvalue weighted by atomic mass is 10.3. The summed E-state index contributed by atoms with van der Waals surface area (Å²) in [4.78, 5) is 10.2. The summed E-state index contributed by atoms with van der Waals surface area (Å²) in [5, 5.41) is 9.04. The van der Waals surface area contributed by atoms with Crippen molar-refractivity contribution in [2.45, 2.75) is 0 Å². The first-order chi connectivity index (χ1) is 4.74. The number of hydrogen-bond acceptors (Lipinski definition) is 2. The standard InChI is InChI=1S/C7H7NO2/c1-8-3-2-6(5-9)7(10)4-8/h2-5H,1H3/p+1. The van der Waals surface area contributed by atoms with Gasteiger partial charge in [0.25, 0.3) is 0 Å². The fraction of sp³-hybridized carbons (Fsp3) is 0.143. The number of aromatic hydroxyl groups is 1. The predicted octanol–water partition coefficient (Wildman–Crippen LogP) is 0.0292. The van der Waals surface area contributed by atoms with Gasteiger partial charge in [-0.2, -0.15) is 0 Å².